The van der Waals surface area contributed by atoms with Gasteiger partial charge in [-0.05, 0) is 53.5 Å². The Balaban J connectivity index is 1.36. The van der Waals surface area contributed by atoms with E-state index in [0.717, 1.165) is 22.4 Å². The van der Waals surface area contributed by atoms with Crippen LogP contribution in [0.25, 0.3) is 6.08 Å². The minimum atomic E-state index is -0.0696. The molecule has 0 saturated carbocycles. The molecule has 0 aromatic heterocycles. The largest absolute Gasteiger partial charge is 0.493 e. The molecule has 4 rings (SSSR count). The number of nitrogens with zero attached hydrogens (tertiary/aromatic N) is 1. The highest BCUT2D eigenvalue weighted by Crippen LogP contribution is 2.33. The molecule has 0 unspecified atom stereocenters. The third-order valence-corrected chi connectivity index (χ3v) is 6.75. The van der Waals surface area contributed by atoms with Crippen molar-refractivity contribution >= 4 is 40.3 Å². The number of methoxy groups -OCH3 is 2. The predicted octanol–water partition coefficient (Wildman–Crippen LogP) is 5.73. The molecule has 1 aliphatic rings. The molecule has 1 saturated heterocycles. The smallest absolute Gasteiger partial charge is 0.266 e. The Morgan fingerprint density at radius 2 is 1.65 bits per heavy atom. The zero-order chi connectivity index (χ0) is 23.9. The van der Waals surface area contributed by atoms with Crippen molar-refractivity contribution in [2.45, 2.75) is 13.0 Å². The Morgan fingerprint density at radius 3 is 2.35 bits per heavy atom. The third kappa shape index (κ3) is 5.79. The third-order valence-electron chi connectivity index (χ3n) is 5.37. The lowest BCUT2D eigenvalue weighted by atomic mass is 10.1. The van der Waals surface area contributed by atoms with Gasteiger partial charge in [-0.3, -0.25) is 9.69 Å². The number of thioether (sulfide) groups is 1. The summed E-state index contributed by atoms with van der Waals surface area (Å²) in [6, 6.07) is 23.5. The number of benzene rings is 3. The number of amides is 1. The molecule has 0 radical (unpaired) electrons. The molecule has 174 valence electrons. The van der Waals surface area contributed by atoms with Gasteiger partial charge in [0.1, 0.15) is 16.7 Å². The van der Waals surface area contributed by atoms with E-state index in [1.54, 1.807) is 19.1 Å². The van der Waals surface area contributed by atoms with Crippen LogP contribution < -0.4 is 14.2 Å². The van der Waals surface area contributed by atoms with Crippen molar-refractivity contribution in [2.75, 3.05) is 20.8 Å². The van der Waals surface area contributed by atoms with Gasteiger partial charge in [0.25, 0.3) is 5.91 Å². The summed E-state index contributed by atoms with van der Waals surface area (Å²) in [5.41, 5.74) is 3.08. The molecule has 1 aliphatic heterocycles. The van der Waals surface area contributed by atoms with Gasteiger partial charge in [0.2, 0.25) is 0 Å². The van der Waals surface area contributed by atoms with Crippen molar-refractivity contribution in [3.05, 3.63) is 94.4 Å². The molecule has 0 aliphatic carbocycles. The maximum Gasteiger partial charge on any atom is 0.266 e. The number of carbonyl (C=O) groups is 1. The molecule has 0 atom stereocenters. The molecular formula is C27H25NO4S2. The van der Waals surface area contributed by atoms with Crippen LogP contribution in [-0.4, -0.2) is 35.9 Å². The Kier molecular flexibility index (Phi) is 7.87. The van der Waals surface area contributed by atoms with Gasteiger partial charge in [0, 0.05) is 6.54 Å². The van der Waals surface area contributed by atoms with E-state index in [9.17, 15) is 4.79 Å². The van der Waals surface area contributed by atoms with Gasteiger partial charge in [-0.1, -0.05) is 72.5 Å². The second-order valence-corrected chi connectivity index (χ2v) is 9.29. The lowest BCUT2D eigenvalue weighted by molar-refractivity contribution is -0.122. The van der Waals surface area contributed by atoms with E-state index < -0.39 is 0 Å². The summed E-state index contributed by atoms with van der Waals surface area (Å²) in [6.45, 7) is 1.02. The molecule has 0 spiro atoms. The first-order valence-corrected chi connectivity index (χ1v) is 12.0. The topological polar surface area (TPSA) is 48.0 Å². The van der Waals surface area contributed by atoms with Crippen LogP contribution in [0, 0.1) is 0 Å². The summed E-state index contributed by atoms with van der Waals surface area (Å²) in [7, 11) is 3.21. The van der Waals surface area contributed by atoms with Crippen LogP contribution in [-0.2, 0) is 17.8 Å². The van der Waals surface area contributed by atoms with Crippen molar-refractivity contribution in [3.63, 3.8) is 0 Å². The second kappa shape index (κ2) is 11.2. The number of hydrogen-bond acceptors (Lipinski definition) is 6. The van der Waals surface area contributed by atoms with Crippen LogP contribution in [0.5, 0.6) is 17.2 Å². The van der Waals surface area contributed by atoms with E-state index in [1.165, 1.54) is 11.8 Å². The quantitative estimate of drug-likeness (QED) is 0.282. The standard InChI is InChI=1S/C27H25NO4S2/c1-30-23-13-10-20(16-24(23)31-2)14-15-28-26(29)25(34-27(28)33)17-19-8-11-22(12-9-19)32-18-21-6-4-3-5-7-21/h3-13,16-17H,14-15,18H2,1-2H3/b25-17-. The van der Waals surface area contributed by atoms with Crippen LogP contribution >= 0.6 is 24.0 Å². The Labute approximate surface area is 209 Å². The normalized spacial score (nSPS) is 14.5. The van der Waals surface area contributed by atoms with E-state index in [2.05, 4.69) is 0 Å². The average molecular weight is 492 g/mol. The van der Waals surface area contributed by atoms with Crippen molar-refractivity contribution < 1.29 is 19.0 Å². The van der Waals surface area contributed by atoms with Crippen LogP contribution in [0.4, 0.5) is 0 Å². The molecule has 34 heavy (non-hydrogen) atoms. The molecule has 1 heterocycles. The van der Waals surface area contributed by atoms with E-state index in [4.69, 9.17) is 26.4 Å². The van der Waals surface area contributed by atoms with Gasteiger partial charge in [0.05, 0.1) is 19.1 Å². The van der Waals surface area contributed by atoms with E-state index in [0.29, 0.717) is 40.3 Å². The maximum absolute atomic E-state index is 13.0. The summed E-state index contributed by atoms with van der Waals surface area (Å²) < 4.78 is 17.1. The van der Waals surface area contributed by atoms with Gasteiger partial charge in [-0.15, -0.1) is 0 Å². The zero-order valence-electron chi connectivity index (χ0n) is 19.0. The zero-order valence-corrected chi connectivity index (χ0v) is 20.7. The van der Waals surface area contributed by atoms with Crippen LogP contribution in [0.15, 0.2) is 77.7 Å². The fourth-order valence-corrected chi connectivity index (χ4v) is 4.83. The molecule has 5 nitrogen and oxygen atoms in total. The highest BCUT2D eigenvalue weighted by molar-refractivity contribution is 8.26. The van der Waals surface area contributed by atoms with Gasteiger partial charge in [-0.25, -0.2) is 0 Å². The summed E-state index contributed by atoms with van der Waals surface area (Å²) in [4.78, 5) is 15.2. The van der Waals surface area contributed by atoms with E-state index in [1.807, 2.05) is 78.9 Å². The van der Waals surface area contributed by atoms with E-state index in [-0.39, 0.29) is 5.91 Å². The Bertz CT molecular complexity index is 1190. The second-order valence-electron chi connectivity index (χ2n) is 7.62. The van der Waals surface area contributed by atoms with Crippen molar-refractivity contribution in [1.29, 1.82) is 0 Å². The number of carbonyl (C=O) groups excluding carboxylic acids is 1. The molecule has 3 aromatic rings. The van der Waals surface area contributed by atoms with Gasteiger partial charge >= 0.3 is 0 Å². The number of ether oxygens (including phenoxy) is 3. The fraction of sp³-hybridized carbons (Fsp3) is 0.185. The number of thiocarbonyl (C=S) groups is 1. The summed E-state index contributed by atoms with van der Waals surface area (Å²) in [5, 5.41) is 0. The molecule has 1 amide bonds. The summed E-state index contributed by atoms with van der Waals surface area (Å²) >= 11 is 6.81. The van der Waals surface area contributed by atoms with Crippen LogP contribution in [0.1, 0.15) is 16.7 Å². The number of hydrogen-bond donors (Lipinski definition) is 0. The molecule has 0 bridgehead atoms. The summed E-state index contributed by atoms with van der Waals surface area (Å²) in [5.74, 6) is 2.06. The monoisotopic (exact) mass is 491 g/mol. The number of rotatable bonds is 9. The average Bonchev–Trinajstić information content (AvgIpc) is 3.14. The summed E-state index contributed by atoms with van der Waals surface area (Å²) in [6.07, 6.45) is 2.53. The lowest BCUT2D eigenvalue weighted by Gasteiger charge is -2.15. The molecule has 0 N–H and O–H groups in total. The SMILES string of the molecule is COc1ccc(CCN2C(=O)/C(=C/c3ccc(OCc4ccccc4)cc3)SC2=S)cc1OC. The van der Waals surface area contributed by atoms with Crippen molar-refractivity contribution in [2.24, 2.45) is 0 Å². The highest BCUT2D eigenvalue weighted by Gasteiger charge is 2.31. The fourth-order valence-electron chi connectivity index (χ4n) is 3.52. The van der Waals surface area contributed by atoms with Crippen LogP contribution in [0.3, 0.4) is 0 Å². The van der Waals surface area contributed by atoms with Gasteiger partial charge in [0.15, 0.2) is 11.5 Å². The lowest BCUT2D eigenvalue weighted by Crippen LogP contribution is -2.30. The Hall–Kier alpha value is -3.29. The molecule has 1 fully saturated rings. The highest BCUT2D eigenvalue weighted by atomic mass is 32.2. The molecule has 7 heteroatoms. The Morgan fingerprint density at radius 1 is 0.912 bits per heavy atom. The van der Waals surface area contributed by atoms with Gasteiger partial charge < -0.3 is 14.2 Å². The first kappa shape index (κ1) is 23.9. The molecular weight excluding hydrogens is 466 g/mol. The minimum absolute atomic E-state index is 0.0696. The van der Waals surface area contributed by atoms with Crippen molar-refractivity contribution in [1.82, 2.24) is 4.90 Å². The van der Waals surface area contributed by atoms with Crippen molar-refractivity contribution in [3.8, 4) is 17.2 Å². The molecule has 3 aromatic carbocycles. The minimum Gasteiger partial charge on any atom is -0.493 e. The van der Waals surface area contributed by atoms with Crippen LogP contribution in [0.2, 0.25) is 0 Å². The first-order valence-electron chi connectivity index (χ1n) is 10.8. The van der Waals surface area contributed by atoms with Gasteiger partial charge in [-0.2, -0.15) is 0 Å². The first-order chi connectivity index (χ1) is 16.6. The maximum atomic E-state index is 13.0. The van der Waals surface area contributed by atoms with E-state index >= 15 is 0 Å². The predicted molar refractivity (Wildman–Crippen MR) is 140 cm³/mol.